The van der Waals surface area contributed by atoms with E-state index < -0.39 is 0 Å². The first-order valence-corrected chi connectivity index (χ1v) is 8.01. The predicted molar refractivity (Wildman–Crippen MR) is 87.4 cm³/mol. The first-order chi connectivity index (χ1) is 9.67. The number of nitrogens with one attached hydrogen (secondary N) is 1. The lowest BCUT2D eigenvalue weighted by molar-refractivity contribution is 0.646. The van der Waals surface area contributed by atoms with Crippen molar-refractivity contribution in [2.45, 2.75) is 25.9 Å². The summed E-state index contributed by atoms with van der Waals surface area (Å²) in [6.45, 7) is 6.13. The molecule has 20 heavy (non-hydrogen) atoms. The summed E-state index contributed by atoms with van der Waals surface area (Å²) < 4.78 is 1.87. The molecule has 0 bridgehead atoms. The van der Waals surface area contributed by atoms with Crippen molar-refractivity contribution in [2.24, 2.45) is 0 Å². The predicted octanol–water partition coefficient (Wildman–Crippen LogP) is 3.82. The summed E-state index contributed by atoms with van der Waals surface area (Å²) >= 11 is 5.06. The van der Waals surface area contributed by atoms with Crippen LogP contribution in [0.2, 0.25) is 0 Å². The van der Waals surface area contributed by atoms with Crippen molar-refractivity contribution in [2.75, 3.05) is 5.32 Å². The average molecular weight is 354 g/mol. The molecule has 0 fully saturated rings. The molecule has 6 heteroatoms. The summed E-state index contributed by atoms with van der Waals surface area (Å²) in [4.78, 5) is 13.3. The molecule has 0 saturated heterocycles. The molecular formula is C14H16BrN3OS. The van der Waals surface area contributed by atoms with Crippen LogP contribution in [-0.2, 0) is 6.54 Å². The minimum Gasteiger partial charge on any atom is -0.375 e. The maximum absolute atomic E-state index is 12.1. The summed E-state index contributed by atoms with van der Waals surface area (Å²) in [6.07, 6.45) is 4.25. The van der Waals surface area contributed by atoms with E-state index in [0.717, 1.165) is 12.1 Å². The number of anilines is 1. The summed E-state index contributed by atoms with van der Waals surface area (Å²) in [6, 6.07) is 4.30. The van der Waals surface area contributed by atoms with Crippen molar-refractivity contribution >= 4 is 33.0 Å². The third kappa shape index (κ3) is 3.19. The molecule has 106 valence electrons. The van der Waals surface area contributed by atoms with E-state index in [1.165, 1.54) is 9.56 Å². The highest BCUT2D eigenvalue weighted by atomic mass is 79.9. The zero-order valence-electron chi connectivity index (χ0n) is 11.2. The molecule has 2 rings (SSSR count). The molecule has 0 amide bonds. The van der Waals surface area contributed by atoms with Crippen molar-refractivity contribution in [1.29, 1.82) is 0 Å². The summed E-state index contributed by atoms with van der Waals surface area (Å²) in [7, 11) is 0. The Kier molecular flexibility index (Phi) is 5.14. The van der Waals surface area contributed by atoms with Crippen molar-refractivity contribution in [1.82, 2.24) is 9.78 Å². The number of allylic oxidation sites excluding steroid dienone is 1. The molecule has 0 radical (unpaired) electrons. The van der Waals surface area contributed by atoms with Crippen molar-refractivity contribution < 1.29 is 0 Å². The molecule has 0 aliphatic heterocycles. The van der Waals surface area contributed by atoms with Crippen LogP contribution in [0.3, 0.4) is 0 Å². The standard InChI is InChI=1S/C14H16BrN3OS/c1-3-7-18-14(19)13(15)11(9-16-18)17-10(4-2)12-6-5-8-20-12/h3,5-6,8-10,17H,1,4,7H2,2H3. The minimum absolute atomic E-state index is 0.157. The monoisotopic (exact) mass is 353 g/mol. The van der Waals surface area contributed by atoms with E-state index in [4.69, 9.17) is 0 Å². The Balaban J connectivity index is 2.27. The van der Waals surface area contributed by atoms with E-state index in [1.807, 2.05) is 6.07 Å². The highest BCUT2D eigenvalue weighted by Crippen LogP contribution is 2.28. The van der Waals surface area contributed by atoms with Gasteiger partial charge in [-0.3, -0.25) is 4.79 Å². The van der Waals surface area contributed by atoms with Gasteiger partial charge in [0, 0.05) is 4.88 Å². The molecule has 0 saturated carbocycles. The molecule has 1 unspecified atom stereocenters. The van der Waals surface area contributed by atoms with Gasteiger partial charge >= 0.3 is 0 Å². The Morgan fingerprint density at radius 3 is 3.05 bits per heavy atom. The zero-order valence-corrected chi connectivity index (χ0v) is 13.6. The molecule has 2 aromatic heterocycles. The normalized spacial score (nSPS) is 12.1. The van der Waals surface area contributed by atoms with Crippen LogP contribution in [0, 0.1) is 0 Å². The van der Waals surface area contributed by atoms with Crippen LogP contribution in [0.5, 0.6) is 0 Å². The average Bonchev–Trinajstić information content (AvgIpc) is 2.97. The Hall–Kier alpha value is -1.40. The van der Waals surface area contributed by atoms with Gasteiger partial charge in [-0.2, -0.15) is 5.10 Å². The molecule has 2 heterocycles. The molecule has 4 nitrogen and oxygen atoms in total. The van der Waals surface area contributed by atoms with Crippen LogP contribution in [0.1, 0.15) is 24.3 Å². The number of hydrogen-bond acceptors (Lipinski definition) is 4. The lowest BCUT2D eigenvalue weighted by Gasteiger charge is -2.17. The number of thiophene rings is 1. The van der Waals surface area contributed by atoms with Crippen LogP contribution in [0.25, 0.3) is 0 Å². The number of aromatic nitrogens is 2. The second kappa shape index (κ2) is 6.85. The molecule has 0 aliphatic carbocycles. The third-order valence-corrected chi connectivity index (χ3v) is 4.66. The van der Waals surface area contributed by atoms with Gasteiger partial charge in [0.15, 0.2) is 0 Å². The second-order valence-corrected chi connectivity index (χ2v) is 6.04. The van der Waals surface area contributed by atoms with Gasteiger partial charge in [-0.15, -0.1) is 17.9 Å². The van der Waals surface area contributed by atoms with Crippen LogP contribution in [-0.4, -0.2) is 9.78 Å². The van der Waals surface area contributed by atoms with Crippen molar-refractivity contribution in [3.05, 3.63) is 56.1 Å². The second-order valence-electron chi connectivity index (χ2n) is 4.27. The molecule has 0 spiro atoms. The van der Waals surface area contributed by atoms with Crippen molar-refractivity contribution in [3.8, 4) is 0 Å². The third-order valence-electron chi connectivity index (χ3n) is 2.91. The van der Waals surface area contributed by atoms with Gasteiger partial charge in [0.1, 0.15) is 4.47 Å². The topological polar surface area (TPSA) is 46.9 Å². The molecule has 1 atom stereocenters. The van der Waals surface area contributed by atoms with Crippen LogP contribution in [0.4, 0.5) is 5.69 Å². The largest absolute Gasteiger partial charge is 0.375 e. The van der Waals surface area contributed by atoms with Crippen LogP contribution >= 0.6 is 27.3 Å². The molecule has 0 aliphatic rings. The van der Waals surface area contributed by atoms with E-state index >= 15 is 0 Å². The van der Waals surface area contributed by atoms with Gasteiger partial charge < -0.3 is 5.32 Å². The van der Waals surface area contributed by atoms with Crippen LogP contribution in [0.15, 0.2) is 45.6 Å². The first kappa shape index (κ1) is 15.0. The first-order valence-electron chi connectivity index (χ1n) is 6.33. The fourth-order valence-electron chi connectivity index (χ4n) is 1.87. The molecule has 1 N–H and O–H groups in total. The van der Waals surface area contributed by atoms with Crippen LogP contribution < -0.4 is 10.9 Å². The number of rotatable bonds is 6. The van der Waals surface area contributed by atoms with E-state index in [-0.39, 0.29) is 11.6 Å². The van der Waals surface area contributed by atoms with E-state index in [1.54, 1.807) is 23.6 Å². The van der Waals surface area contributed by atoms with Gasteiger partial charge in [0.2, 0.25) is 0 Å². The van der Waals surface area contributed by atoms with Gasteiger partial charge in [-0.25, -0.2) is 4.68 Å². The Bertz CT molecular complexity index is 636. The summed E-state index contributed by atoms with van der Waals surface area (Å²) in [5.74, 6) is 0. The summed E-state index contributed by atoms with van der Waals surface area (Å²) in [5.41, 5.74) is 0.562. The van der Waals surface area contributed by atoms with Gasteiger partial charge in [-0.1, -0.05) is 19.1 Å². The fraction of sp³-hybridized carbons (Fsp3) is 0.286. The number of halogens is 1. The Morgan fingerprint density at radius 1 is 1.65 bits per heavy atom. The number of hydrogen-bond donors (Lipinski definition) is 1. The van der Waals surface area contributed by atoms with Crippen molar-refractivity contribution in [3.63, 3.8) is 0 Å². The molecule has 0 aromatic carbocycles. The van der Waals surface area contributed by atoms with E-state index in [0.29, 0.717) is 11.0 Å². The SMILES string of the molecule is C=CCn1ncc(NC(CC)c2cccs2)c(Br)c1=O. The van der Waals surface area contributed by atoms with Gasteiger partial charge in [-0.05, 0) is 33.8 Å². The van der Waals surface area contributed by atoms with E-state index in [2.05, 4.69) is 51.3 Å². The Labute approximate surface area is 130 Å². The van der Waals surface area contributed by atoms with Gasteiger partial charge in [0.05, 0.1) is 24.5 Å². The highest BCUT2D eigenvalue weighted by molar-refractivity contribution is 9.10. The maximum atomic E-state index is 12.1. The zero-order chi connectivity index (χ0) is 14.5. The summed E-state index contributed by atoms with van der Waals surface area (Å²) in [5, 5.41) is 9.56. The Morgan fingerprint density at radius 2 is 2.45 bits per heavy atom. The minimum atomic E-state index is -0.157. The lowest BCUT2D eigenvalue weighted by atomic mass is 10.2. The highest BCUT2D eigenvalue weighted by Gasteiger charge is 2.14. The fourth-order valence-corrected chi connectivity index (χ4v) is 3.15. The number of nitrogens with zero attached hydrogens (tertiary/aromatic N) is 2. The van der Waals surface area contributed by atoms with Gasteiger partial charge in [0.25, 0.3) is 5.56 Å². The molecule has 2 aromatic rings. The lowest BCUT2D eigenvalue weighted by Crippen LogP contribution is -2.24. The molecular weight excluding hydrogens is 338 g/mol. The maximum Gasteiger partial charge on any atom is 0.283 e. The smallest absolute Gasteiger partial charge is 0.283 e. The van der Waals surface area contributed by atoms with E-state index in [9.17, 15) is 4.79 Å². The quantitative estimate of drug-likeness (QED) is 0.803.